The third kappa shape index (κ3) is 5.43. The van der Waals surface area contributed by atoms with Crippen LogP contribution in [0.2, 0.25) is 0 Å². The van der Waals surface area contributed by atoms with E-state index in [9.17, 15) is 14.3 Å². The van der Waals surface area contributed by atoms with E-state index >= 15 is 0 Å². The molecule has 10 nitrogen and oxygen atoms in total. The van der Waals surface area contributed by atoms with Crippen molar-refractivity contribution in [2.45, 2.75) is 32.9 Å². The van der Waals surface area contributed by atoms with Gasteiger partial charge in [0.15, 0.2) is 5.69 Å². The number of rotatable bonds is 10. The fourth-order valence-electron chi connectivity index (χ4n) is 4.36. The average molecular weight is 528 g/mol. The second-order valence-corrected chi connectivity index (χ2v) is 9.03. The molecule has 0 spiro atoms. The van der Waals surface area contributed by atoms with Crippen LogP contribution in [-0.4, -0.2) is 47.2 Å². The molecule has 0 saturated heterocycles. The first-order valence-electron chi connectivity index (χ1n) is 12.5. The number of pyridine rings is 1. The molecule has 11 heteroatoms. The summed E-state index contributed by atoms with van der Waals surface area (Å²) in [7, 11) is 0. The highest BCUT2D eigenvalue weighted by molar-refractivity contribution is 5.76. The smallest absolute Gasteiger partial charge is 0.308 e. The number of halogens is 1. The number of carbonyl (C=O) groups is 1. The van der Waals surface area contributed by atoms with E-state index in [1.54, 1.807) is 42.7 Å². The van der Waals surface area contributed by atoms with Crippen molar-refractivity contribution in [1.82, 2.24) is 35.4 Å². The molecule has 0 bridgehead atoms. The summed E-state index contributed by atoms with van der Waals surface area (Å²) in [4.78, 5) is 20.0. The van der Waals surface area contributed by atoms with Crippen LogP contribution in [0.3, 0.4) is 0 Å². The van der Waals surface area contributed by atoms with Gasteiger partial charge in [0.25, 0.3) is 5.89 Å². The van der Waals surface area contributed by atoms with E-state index < -0.39 is 17.7 Å². The fourth-order valence-corrected chi connectivity index (χ4v) is 4.36. The third-order valence-electron chi connectivity index (χ3n) is 6.53. The summed E-state index contributed by atoms with van der Waals surface area (Å²) in [5, 5.41) is 25.2. The maximum atomic E-state index is 14.6. The van der Waals surface area contributed by atoms with Crippen LogP contribution in [0.1, 0.15) is 25.8 Å². The van der Waals surface area contributed by atoms with Crippen molar-refractivity contribution in [3.05, 3.63) is 84.4 Å². The number of aliphatic carboxylic acids is 1. The van der Waals surface area contributed by atoms with Crippen LogP contribution in [0.4, 0.5) is 4.39 Å². The maximum Gasteiger partial charge on any atom is 0.308 e. The van der Waals surface area contributed by atoms with E-state index in [1.165, 1.54) is 10.7 Å². The highest BCUT2D eigenvalue weighted by Gasteiger charge is 2.25. The Bertz CT molecular complexity index is 1570. The molecule has 2 atom stereocenters. The minimum absolute atomic E-state index is 0.137. The highest BCUT2D eigenvalue weighted by atomic mass is 19.1. The molecule has 0 amide bonds. The third-order valence-corrected chi connectivity index (χ3v) is 6.53. The lowest BCUT2D eigenvalue weighted by molar-refractivity contribution is -0.142. The quantitative estimate of drug-likeness (QED) is 0.263. The zero-order valence-electron chi connectivity index (χ0n) is 21.3. The van der Waals surface area contributed by atoms with Crippen LogP contribution in [0.15, 0.2) is 77.6 Å². The van der Waals surface area contributed by atoms with Gasteiger partial charge < -0.3 is 14.9 Å². The SMILES string of the molecule is CCC(C(=O)O)[C@@H](C)NCc1ccc(-c2noc(-c3nnn(-c4ccccc4F)c3-c3ccncc3)n2)cc1. The fraction of sp³-hybridized carbons (Fsp3) is 0.214. The van der Waals surface area contributed by atoms with Crippen molar-refractivity contribution in [2.24, 2.45) is 5.92 Å². The highest BCUT2D eigenvalue weighted by Crippen LogP contribution is 2.32. The topological polar surface area (TPSA) is 132 Å². The van der Waals surface area contributed by atoms with Crippen molar-refractivity contribution in [3.8, 4) is 39.9 Å². The lowest BCUT2D eigenvalue weighted by atomic mass is 9.98. The minimum atomic E-state index is -0.804. The number of hydrogen-bond donors (Lipinski definition) is 2. The standard InChI is InChI=1S/C28H26FN7O3/c1-3-21(28(37)38)17(2)31-16-18-8-10-20(11-9-18)26-32-27(39-34-26)24-25(19-12-14-30-15-13-19)36(35-33-24)23-7-5-4-6-22(23)29/h4-15,17,21,31H,3,16H2,1-2H3,(H,37,38)/t17-,21?/m1/s1. The number of para-hydroxylation sites is 1. The van der Waals surface area contributed by atoms with Crippen LogP contribution in [0.5, 0.6) is 0 Å². The Labute approximate surface area is 223 Å². The van der Waals surface area contributed by atoms with E-state index in [1.807, 2.05) is 38.1 Å². The number of carboxylic acids is 1. The number of aromatic nitrogens is 6. The number of nitrogens with one attached hydrogen (secondary N) is 1. The molecule has 0 aliphatic rings. The summed E-state index contributed by atoms with van der Waals surface area (Å²) in [5.74, 6) is -1.21. The molecule has 198 valence electrons. The van der Waals surface area contributed by atoms with Crippen LogP contribution in [0.25, 0.3) is 39.9 Å². The second-order valence-electron chi connectivity index (χ2n) is 9.03. The molecule has 0 saturated carbocycles. The summed E-state index contributed by atoms with van der Waals surface area (Å²) in [6.07, 6.45) is 3.80. The zero-order chi connectivity index (χ0) is 27.4. The summed E-state index contributed by atoms with van der Waals surface area (Å²) < 4.78 is 21.6. The Morgan fingerprint density at radius 3 is 2.51 bits per heavy atom. The van der Waals surface area contributed by atoms with Gasteiger partial charge in [0.1, 0.15) is 17.2 Å². The van der Waals surface area contributed by atoms with Gasteiger partial charge in [-0.05, 0) is 43.2 Å². The molecule has 0 aliphatic carbocycles. The second kappa shape index (κ2) is 11.3. The zero-order valence-corrected chi connectivity index (χ0v) is 21.3. The first-order chi connectivity index (χ1) is 19.0. The van der Waals surface area contributed by atoms with Crippen LogP contribution in [-0.2, 0) is 11.3 Å². The van der Waals surface area contributed by atoms with E-state index in [2.05, 4.69) is 30.8 Å². The van der Waals surface area contributed by atoms with Crippen molar-refractivity contribution >= 4 is 5.97 Å². The van der Waals surface area contributed by atoms with E-state index in [-0.39, 0.29) is 17.6 Å². The molecule has 3 aromatic heterocycles. The van der Waals surface area contributed by atoms with Crippen molar-refractivity contribution in [2.75, 3.05) is 0 Å². The Balaban J connectivity index is 1.40. The number of hydrogen-bond acceptors (Lipinski definition) is 8. The first kappa shape index (κ1) is 25.9. The molecule has 0 fully saturated rings. The van der Waals surface area contributed by atoms with Gasteiger partial charge in [-0.25, -0.2) is 9.07 Å². The van der Waals surface area contributed by atoms with E-state index in [0.717, 1.165) is 11.1 Å². The largest absolute Gasteiger partial charge is 0.481 e. The van der Waals surface area contributed by atoms with Gasteiger partial charge in [-0.3, -0.25) is 9.78 Å². The van der Waals surface area contributed by atoms with Gasteiger partial charge in [0.05, 0.1) is 5.92 Å². The molecule has 5 aromatic rings. The van der Waals surface area contributed by atoms with Crippen LogP contribution >= 0.6 is 0 Å². The number of nitrogens with zero attached hydrogens (tertiary/aromatic N) is 6. The molecular formula is C28H26FN7O3. The van der Waals surface area contributed by atoms with Gasteiger partial charge in [-0.2, -0.15) is 4.98 Å². The van der Waals surface area contributed by atoms with Crippen LogP contribution in [0, 0.1) is 11.7 Å². The van der Waals surface area contributed by atoms with Gasteiger partial charge >= 0.3 is 5.97 Å². The summed E-state index contributed by atoms with van der Waals surface area (Å²) in [5.41, 5.74) is 3.44. The van der Waals surface area contributed by atoms with Crippen LogP contribution < -0.4 is 5.32 Å². The Hall–Kier alpha value is -4.77. The maximum absolute atomic E-state index is 14.6. The molecule has 2 aromatic carbocycles. The molecule has 3 heterocycles. The predicted molar refractivity (Wildman–Crippen MR) is 141 cm³/mol. The molecule has 0 aliphatic heterocycles. The summed E-state index contributed by atoms with van der Waals surface area (Å²) in [6.45, 7) is 4.27. The average Bonchev–Trinajstić information content (AvgIpc) is 3.61. The van der Waals surface area contributed by atoms with E-state index in [0.29, 0.717) is 35.7 Å². The first-order valence-corrected chi connectivity index (χ1v) is 12.5. The van der Waals surface area contributed by atoms with Crippen molar-refractivity contribution in [3.63, 3.8) is 0 Å². The molecule has 39 heavy (non-hydrogen) atoms. The summed E-state index contributed by atoms with van der Waals surface area (Å²) >= 11 is 0. The molecule has 5 rings (SSSR count). The van der Waals surface area contributed by atoms with Crippen molar-refractivity contribution in [1.29, 1.82) is 0 Å². The van der Waals surface area contributed by atoms with Gasteiger partial charge in [-0.15, -0.1) is 5.10 Å². The lowest BCUT2D eigenvalue weighted by Gasteiger charge is -2.20. The normalized spacial score (nSPS) is 12.8. The van der Waals surface area contributed by atoms with Crippen molar-refractivity contribution < 1.29 is 18.8 Å². The molecule has 1 unspecified atom stereocenters. The monoisotopic (exact) mass is 527 g/mol. The number of carboxylic acid groups (broad SMARTS) is 1. The minimum Gasteiger partial charge on any atom is -0.481 e. The Kier molecular flexibility index (Phi) is 7.50. The van der Waals surface area contributed by atoms with Gasteiger partial charge in [-0.1, -0.05) is 53.7 Å². The summed E-state index contributed by atoms with van der Waals surface area (Å²) in [6, 6.07) is 17.2. The Morgan fingerprint density at radius 2 is 1.82 bits per heavy atom. The molecule has 2 N–H and O–H groups in total. The van der Waals surface area contributed by atoms with Gasteiger partial charge in [0, 0.05) is 36.1 Å². The Morgan fingerprint density at radius 1 is 1.08 bits per heavy atom. The molecular weight excluding hydrogens is 501 g/mol. The number of benzene rings is 2. The van der Waals surface area contributed by atoms with Gasteiger partial charge in [0.2, 0.25) is 5.82 Å². The lowest BCUT2D eigenvalue weighted by Crippen LogP contribution is -2.37. The predicted octanol–water partition coefficient (Wildman–Crippen LogP) is 4.77. The van der Waals surface area contributed by atoms with E-state index in [4.69, 9.17) is 4.52 Å². The molecule has 0 radical (unpaired) electrons.